The van der Waals surface area contributed by atoms with Gasteiger partial charge in [0.1, 0.15) is 11.6 Å². The van der Waals surface area contributed by atoms with Crippen LogP contribution in [0.2, 0.25) is 18.1 Å². The van der Waals surface area contributed by atoms with E-state index in [9.17, 15) is 20.2 Å². The molecule has 0 bridgehead atoms. The van der Waals surface area contributed by atoms with Crippen molar-refractivity contribution in [2.24, 2.45) is 5.92 Å². The molecule has 1 rings (SSSR count). The molecule has 9 heteroatoms. The van der Waals surface area contributed by atoms with Gasteiger partial charge in [-0.3, -0.25) is 4.79 Å². The summed E-state index contributed by atoms with van der Waals surface area (Å²) in [5.41, 5.74) is 7.03. The van der Waals surface area contributed by atoms with E-state index < -0.39 is 43.5 Å². The molecule has 0 spiro atoms. The van der Waals surface area contributed by atoms with E-state index in [0.717, 1.165) is 6.42 Å². The average Bonchev–Trinajstić information content (AvgIpc) is 2.59. The lowest BCUT2D eigenvalue weighted by Gasteiger charge is -2.45. The van der Waals surface area contributed by atoms with Crippen LogP contribution in [0.4, 0.5) is 4.79 Å². The predicted molar refractivity (Wildman–Crippen MR) is 127 cm³/mol. The lowest BCUT2D eigenvalue weighted by molar-refractivity contribution is -0.129. The number of carbonyl (C=O) groups is 2. The number of carbonyl (C=O) groups excluding carboxylic acids is 2. The lowest BCUT2D eigenvalue weighted by Crippen LogP contribution is -2.62. The molecule has 0 aromatic rings. The Morgan fingerprint density at radius 1 is 1.16 bits per heavy atom. The predicted octanol–water partition coefficient (Wildman–Crippen LogP) is 4.47. The quantitative estimate of drug-likeness (QED) is 0.246. The van der Waals surface area contributed by atoms with E-state index in [4.69, 9.17) is 9.16 Å². The van der Waals surface area contributed by atoms with Crippen LogP contribution in [0.25, 0.3) is 5.53 Å². The number of amides is 1. The third-order valence-corrected chi connectivity index (χ3v) is 10.9. The van der Waals surface area contributed by atoms with Crippen LogP contribution in [-0.2, 0) is 14.0 Å². The number of nitrogens with zero attached hydrogens (tertiary/aromatic N) is 2. The fourth-order valence-electron chi connectivity index (χ4n) is 3.55. The largest absolute Gasteiger partial charge is 0.444 e. The highest BCUT2D eigenvalue weighted by Crippen LogP contribution is 2.41. The van der Waals surface area contributed by atoms with Crippen molar-refractivity contribution in [2.45, 2.75) is 123 Å². The van der Waals surface area contributed by atoms with Gasteiger partial charge in [0.15, 0.2) is 13.9 Å². The SMILES string of the molecule is CC(C)[C@H](NC(=O)OC(C)(C)C)C(=O)C(=[N+]=[N-])C1(O)CCCCC1O[Si](C)(C)C(C)(C)C. The summed E-state index contributed by atoms with van der Waals surface area (Å²) < 4.78 is 11.8. The molecule has 32 heavy (non-hydrogen) atoms. The molecule has 0 saturated heterocycles. The van der Waals surface area contributed by atoms with Crippen molar-refractivity contribution >= 4 is 25.9 Å². The molecule has 1 amide bonds. The fraction of sp³-hybridized carbons (Fsp3) is 0.870. The molecule has 0 radical (unpaired) electrons. The van der Waals surface area contributed by atoms with Gasteiger partial charge >= 0.3 is 11.8 Å². The summed E-state index contributed by atoms with van der Waals surface area (Å²) in [6.07, 6.45) is 0.910. The van der Waals surface area contributed by atoms with Crippen LogP contribution in [0, 0.1) is 5.92 Å². The van der Waals surface area contributed by atoms with Crippen LogP contribution < -0.4 is 5.32 Å². The highest BCUT2D eigenvalue weighted by atomic mass is 28.4. The van der Waals surface area contributed by atoms with E-state index >= 15 is 0 Å². The Balaban J connectivity index is 3.27. The zero-order chi connectivity index (χ0) is 25.1. The second kappa shape index (κ2) is 10.2. The van der Waals surface area contributed by atoms with E-state index in [1.54, 1.807) is 34.6 Å². The summed E-state index contributed by atoms with van der Waals surface area (Å²) in [4.78, 5) is 29.1. The first-order valence-corrected chi connectivity index (χ1v) is 14.4. The molecule has 2 unspecified atom stereocenters. The van der Waals surface area contributed by atoms with Gasteiger partial charge in [-0.15, -0.1) is 0 Å². The minimum Gasteiger partial charge on any atom is -0.444 e. The van der Waals surface area contributed by atoms with Crippen molar-refractivity contribution in [3.8, 4) is 0 Å². The molecule has 1 aliphatic rings. The second-order valence-corrected chi connectivity index (χ2v) is 16.5. The molecule has 0 aromatic carbocycles. The Hall–Kier alpha value is -1.54. The normalized spacial score (nSPS) is 23.3. The van der Waals surface area contributed by atoms with E-state index in [1.807, 2.05) is 0 Å². The smallest absolute Gasteiger partial charge is 0.408 e. The molecule has 1 aliphatic carbocycles. The van der Waals surface area contributed by atoms with Crippen LogP contribution in [0.15, 0.2) is 0 Å². The minimum atomic E-state index is -2.27. The Morgan fingerprint density at radius 3 is 2.16 bits per heavy atom. The molecule has 0 heterocycles. The van der Waals surface area contributed by atoms with Gasteiger partial charge in [-0.25, -0.2) is 4.79 Å². The van der Waals surface area contributed by atoms with Crippen LogP contribution in [-0.4, -0.2) is 59.1 Å². The zero-order valence-electron chi connectivity index (χ0n) is 21.5. The van der Waals surface area contributed by atoms with E-state index in [-0.39, 0.29) is 23.1 Å². The second-order valence-electron chi connectivity index (χ2n) is 11.7. The number of alkyl carbamates (subject to hydrolysis) is 1. The van der Waals surface area contributed by atoms with Crippen molar-refractivity contribution < 1.29 is 28.6 Å². The number of rotatable bonds is 7. The Labute approximate surface area is 194 Å². The molecule has 0 aliphatic heterocycles. The number of ether oxygens (including phenoxy) is 1. The maximum atomic E-state index is 13.5. The van der Waals surface area contributed by atoms with E-state index in [1.165, 1.54) is 0 Å². The highest BCUT2D eigenvalue weighted by Gasteiger charge is 2.56. The minimum absolute atomic E-state index is 0.0926. The summed E-state index contributed by atoms with van der Waals surface area (Å²) >= 11 is 0. The van der Waals surface area contributed by atoms with Gasteiger partial charge in [0.25, 0.3) is 5.78 Å². The maximum absolute atomic E-state index is 13.5. The fourth-order valence-corrected chi connectivity index (χ4v) is 4.93. The zero-order valence-corrected chi connectivity index (χ0v) is 22.5. The number of Topliss-reactive ketones (excluding diaryl/α,β-unsaturated/α-hetero) is 1. The van der Waals surface area contributed by atoms with Gasteiger partial charge in [0.2, 0.25) is 0 Å². The first-order valence-electron chi connectivity index (χ1n) is 11.5. The molecular weight excluding hydrogens is 426 g/mol. The highest BCUT2D eigenvalue weighted by molar-refractivity contribution is 6.74. The summed E-state index contributed by atoms with van der Waals surface area (Å²) in [5.74, 6) is -0.958. The number of ketones is 1. The number of hydrogen-bond acceptors (Lipinski definition) is 5. The molecule has 1 fully saturated rings. The molecule has 3 atom stereocenters. The van der Waals surface area contributed by atoms with Gasteiger partial charge < -0.3 is 25.1 Å². The van der Waals surface area contributed by atoms with Crippen LogP contribution in [0.3, 0.4) is 0 Å². The van der Waals surface area contributed by atoms with E-state index in [0.29, 0.717) is 12.8 Å². The van der Waals surface area contributed by atoms with Gasteiger partial charge in [-0.1, -0.05) is 41.0 Å². The van der Waals surface area contributed by atoms with Crippen LogP contribution in [0.5, 0.6) is 0 Å². The average molecular weight is 470 g/mol. The van der Waals surface area contributed by atoms with Crippen molar-refractivity contribution in [3.63, 3.8) is 0 Å². The molecular formula is C23H43N3O5Si. The topological polar surface area (TPSA) is 121 Å². The first kappa shape index (κ1) is 28.5. The van der Waals surface area contributed by atoms with Crippen molar-refractivity contribution in [1.29, 1.82) is 0 Å². The third kappa shape index (κ3) is 6.98. The summed E-state index contributed by atoms with van der Waals surface area (Å²) in [7, 11) is -2.27. The van der Waals surface area contributed by atoms with Gasteiger partial charge in [0.05, 0.1) is 6.10 Å². The van der Waals surface area contributed by atoms with Crippen LogP contribution in [0.1, 0.15) is 81.1 Å². The molecule has 2 N–H and O–H groups in total. The monoisotopic (exact) mass is 469 g/mol. The summed E-state index contributed by atoms with van der Waals surface area (Å²) in [6, 6.07) is -1.02. The number of hydrogen-bond donors (Lipinski definition) is 2. The summed E-state index contributed by atoms with van der Waals surface area (Å²) in [5, 5.41) is 14.2. The van der Waals surface area contributed by atoms with Crippen molar-refractivity contribution in [2.75, 3.05) is 0 Å². The third-order valence-electron chi connectivity index (χ3n) is 6.41. The molecule has 8 nitrogen and oxygen atoms in total. The van der Waals surface area contributed by atoms with Crippen molar-refractivity contribution in [3.05, 3.63) is 5.53 Å². The Kier molecular flexibility index (Phi) is 9.04. The van der Waals surface area contributed by atoms with Gasteiger partial charge in [-0.05, 0) is 64.1 Å². The Bertz CT molecular complexity index is 748. The molecule has 184 valence electrons. The Morgan fingerprint density at radius 2 is 1.72 bits per heavy atom. The van der Waals surface area contributed by atoms with Crippen LogP contribution >= 0.6 is 0 Å². The van der Waals surface area contributed by atoms with Gasteiger partial charge in [-0.2, -0.15) is 4.79 Å². The standard InChI is InChI=1S/C23H43N3O5Si/c1-15(2)17(25-20(28)30-21(3,4)5)18(27)19(26-24)23(29)14-12-11-13-16(23)31-32(9,10)22(6,7)8/h15-17,29H,11-14H2,1-10H3,(H,25,28)/t16?,17-,23?/m0/s1. The lowest BCUT2D eigenvalue weighted by atomic mass is 9.76. The van der Waals surface area contributed by atoms with Crippen molar-refractivity contribution in [1.82, 2.24) is 5.32 Å². The number of nitrogens with one attached hydrogen (secondary N) is 1. The maximum Gasteiger partial charge on any atom is 0.408 e. The van der Waals surface area contributed by atoms with Gasteiger partial charge in [0, 0.05) is 0 Å². The number of aliphatic hydroxyl groups is 1. The molecule has 1 saturated carbocycles. The van der Waals surface area contributed by atoms with E-state index in [2.05, 4.69) is 44.0 Å². The first-order chi connectivity index (χ1) is 14.4. The molecule has 0 aromatic heterocycles. The summed E-state index contributed by atoms with van der Waals surface area (Å²) in [6.45, 7) is 19.2.